The molecule has 0 aliphatic carbocycles. The average Bonchev–Trinajstić information content (AvgIpc) is 2.74. The molecular formula is C16H20BrNO3. The molecule has 0 radical (unpaired) electrons. The number of nitrogens with zero attached hydrogens (tertiary/aromatic N) is 1. The van der Waals surface area contributed by atoms with Crippen molar-refractivity contribution in [3.8, 4) is 0 Å². The Bertz CT molecular complexity index is 598. The summed E-state index contributed by atoms with van der Waals surface area (Å²) in [7, 11) is 0. The Morgan fingerprint density at radius 2 is 2.05 bits per heavy atom. The van der Waals surface area contributed by atoms with Gasteiger partial charge in [-0.25, -0.2) is 0 Å². The molecule has 2 rings (SSSR count). The van der Waals surface area contributed by atoms with Crippen molar-refractivity contribution in [1.29, 1.82) is 0 Å². The first kappa shape index (κ1) is 16.0. The molecule has 0 spiro atoms. The number of ether oxygens (including phenoxy) is 1. The largest absolute Gasteiger partial charge is 0.466 e. The topological polar surface area (TPSA) is 46.6 Å². The Morgan fingerprint density at radius 3 is 2.62 bits per heavy atom. The van der Waals surface area contributed by atoms with Gasteiger partial charge in [-0.1, -0.05) is 15.9 Å². The molecule has 4 nitrogen and oxygen atoms in total. The van der Waals surface area contributed by atoms with Gasteiger partial charge in [0.2, 0.25) is 5.91 Å². The van der Waals surface area contributed by atoms with E-state index in [0.717, 1.165) is 22.1 Å². The lowest BCUT2D eigenvalue weighted by Crippen LogP contribution is -2.27. The smallest absolute Gasteiger partial charge is 0.302 e. The molecule has 1 heterocycles. The molecule has 1 aliphatic rings. The van der Waals surface area contributed by atoms with Crippen molar-refractivity contribution in [1.82, 2.24) is 0 Å². The normalized spacial score (nSPS) is 16.8. The predicted molar refractivity (Wildman–Crippen MR) is 85.6 cm³/mol. The Kier molecular flexibility index (Phi) is 4.71. The molecule has 21 heavy (non-hydrogen) atoms. The van der Waals surface area contributed by atoms with Gasteiger partial charge in [0.25, 0.3) is 0 Å². The van der Waals surface area contributed by atoms with E-state index >= 15 is 0 Å². The molecule has 0 bridgehead atoms. The van der Waals surface area contributed by atoms with Crippen molar-refractivity contribution in [3.63, 3.8) is 0 Å². The number of carbonyl (C=O) groups is 2. The molecule has 1 aromatic rings. The Hall–Kier alpha value is -1.36. The number of halogens is 1. The minimum atomic E-state index is -0.265. The van der Waals surface area contributed by atoms with E-state index in [9.17, 15) is 9.59 Å². The van der Waals surface area contributed by atoms with Crippen LogP contribution in [0.3, 0.4) is 0 Å². The average molecular weight is 354 g/mol. The van der Waals surface area contributed by atoms with Crippen LogP contribution >= 0.6 is 15.9 Å². The summed E-state index contributed by atoms with van der Waals surface area (Å²) in [5.74, 6) is -0.00837. The maximum atomic E-state index is 11.9. The molecule has 1 unspecified atom stereocenters. The van der Waals surface area contributed by atoms with Crippen LogP contribution in [-0.4, -0.2) is 25.0 Å². The van der Waals surface area contributed by atoms with Gasteiger partial charge in [-0.15, -0.1) is 0 Å². The number of aryl methyl sites for hydroxylation is 1. The maximum Gasteiger partial charge on any atom is 0.302 e. The third-order valence-corrected chi connectivity index (χ3v) is 5.18. The highest BCUT2D eigenvalue weighted by molar-refractivity contribution is 9.10. The zero-order valence-electron chi connectivity index (χ0n) is 12.8. The van der Waals surface area contributed by atoms with Crippen LogP contribution < -0.4 is 4.90 Å². The third-order valence-electron chi connectivity index (χ3n) is 3.96. The summed E-state index contributed by atoms with van der Waals surface area (Å²) in [5.41, 5.74) is 4.48. The summed E-state index contributed by atoms with van der Waals surface area (Å²) in [6, 6.07) is 2.06. The highest BCUT2D eigenvalue weighted by atomic mass is 79.9. The molecule has 114 valence electrons. The highest BCUT2D eigenvalue weighted by Gasteiger charge is 2.33. The van der Waals surface area contributed by atoms with Crippen molar-refractivity contribution in [2.45, 2.75) is 40.0 Å². The molecule has 0 N–H and O–H groups in total. The van der Waals surface area contributed by atoms with Crippen LogP contribution in [0.5, 0.6) is 0 Å². The number of hydrogen-bond acceptors (Lipinski definition) is 3. The SMILES string of the molecule is CC(=O)OCCC1CN(C(C)=O)c2cc(C)c(Br)c(C)c21. The maximum absolute atomic E-state index is 11.9. The van der Waals surface area contributed by atoms with E-state index < -0.39 is 0 Å². The summed E-state index contributed by atoms with van der Waals surface area (Å²) in [4.78, 5) is 24.6. The first-order chi connectivity index (χ1) is 9.82. The molecule has 0 fully saturated rings. The zero-order chi connectivity index (χ0) is 15.7. The van der Waals surface area contributed by atoms with Gasteiger partial charge in [0.05, 0.1) is 6.61 Å². The summed E-state index contributed by atoms with van der Waals surface area (Å²) >= 11 is 3.62. The minimum absolute atomic E-state index is 0.0485. The van der Waals surface area contributed by atoms with Gasteiger partial charge in [0.15, 0.2) is 0 Å². The lowest BCUT2D eigenvalue weighted by Gasteiger charge is -2.16. The number of amides is 1. The quantitative estimate of drug-likeness (QED) is 0.781. The van der Waals surface area contributed by atoms with E-state index in [1.807, 2.05) is 11.8 Å². The summed E-state index contributed by atoms with van der Waals surface area (Å²) < 4.78 is 6.14. The predicted octanol–water partition coefficient (Wildman–Crippen LogP) is 3.47. The number of rotatable bonds is 3. The second-order valence-electron chi connectivity index (χ2n) is 5.52. The number of anilines is 1. The van der Waals surface area contributed by atoms with Crippen molar-refractivity contribution in [2.24, 2.45) is 0 Å². The Balaban J connectivity index is 2.35. The lowest BCUT2D eigenvalue weighted by atomic mass is 9.93. The van der Waals surface area contributed by atoms with Crippen LogP contribution in [0.4, 0.5) is 5.69 Å². The second kappa shape index (κ2) is 6.18. The van der Waals surface area contributed by atoms with Gasteiger partial charge >= 0.3 is 5.97 Å². The van der Waals surface area contributed by atoms with Crippen LogP contribution in [0.15, 0.2) is 10.5 Å². The highest BCUT2D eigenvalue weighted by Crippen LogP contribution is 2.43. The molecule has 0 saturated heterocycles. The van der Waals surface area contributed by atoms with Crippen LogP contribution in [0.1, 0.15) is 42.9 Å². The molecule has 1 aliphatic heterocycles. The first-order valence-corrected chi connectivity index (χ1v) is 7.83. The van der Waals surface area contributed by atoms with Crippen LogP contribution in [0.25, 0.3) is 0 Å². The van der Waals surface area contributed by atoms with Crippen molar-refractivity contribution < 1.29 is 14.3 Å². The van der Waals surface area contributed by atoms with Gasteiger partial charge in [-0.2, -0.15) is 0 Å². The summed E-state index contributed by atoms with van der Waals surface area (Å²) in [6.45, 7) is 8.14. The molecule has 1 amide bonds. The molecular weight excluding hydrogens is 334 g/mol. The van der Waals surface area contributed by atoms with E-state index in [0.29, 0.717) is 13.2 Å². The van der Waals surface area contributed by atoms with Gasteiger partial charge in [0, 0.05) is 36.5 Å². The first-order valence-electron chi connectivity index (χ1n) is 7.04. The fourth-order valence-corrected chi connectivity index (χ4v) is 3.31. The van der Waals surface area contributed by atoms with Crippen LogP contribution in [0.2, 0.25) is 0 Å². The second-order valence-corrected chi connectivity index (χ2v) is 6.31. The number of benzene rings is 1. The zero-order valence-corrected chi connectivity index (χ0v) is 14.4. The molecule has 0 aromatic heterocycles. The fourth-order valence-electron chi connectivity index (χ4n) is 2.98. The molecule has 1 atom stereocenters. The van der Waals surface area contributed by atoms with Gasteiger partial charge < -0.3 is 9.64 Å². The van der Waals surface area contributed by atoms with E-state index in [-0.39, 0.29) is 17.8 Å². The van der Waals surface area contributed by atoms with Crippen molar-refractivity contribution >= 4 is 33.5 Å². The van der Waals surface area contributed by atoms with Gasteiger partial charge in [0.1, 0.15) is 0 Å². The van der Waals surface area contributed by atoms with E-state index in [2.05, 4.69) is 28.9 Å². The number of fused-ring (bicyclic) bond motifs is 1. The minimum Gasteiger partial charge on any atom is -0.466 e. The summed E-state index contributed by atoms with van der Waals surface area (Å²) in [5, 5.41) is 0. The Labute approximate surface area is 133 Å². The van der Waals surface area contributed by atoms with E-state index in [1.54, 1.807) is 6.92 Å². The lowest BCUT2D eigenvalue weighted by molar-refractivity contribution is -0.141. The molecule has 0 saturated carbocycles. The van der Waals surface area contributed by atoms with Gasteiger partial charge in [-0.05, 0) is 43.0 Å². The van der Waals surface area contributed by atoms with E-state index in [1.165, 1.54) is 18.1 Å². The standard InChI is InChI=1S/C16H20BrNO3/c1-9-7-14-15(10(2)16(9)17)13(5-6-21-12(4)20)8-18(14)11(3)19/h7,13H,5-6,8H2,1-4H3. The molecule has 5 heteroatoms. The monoisotopic (exact) mass is 353 g/mol. The van der Waals surface area contributed by atoms with Crippen molar-refractivity contribution in [2.75, 3.05) is 18.1 Å². The van der Waals surface area contributed by atoms with Crippen molar-refractivity contribution in [3.05, 3.63) is 27.2 Å². The number of hydrogen-bond donors (Lipinski definition) is 0. The Morgan fingerprint density at radius 1 is 1.38 bits per heavy atom. The number of carbonyl (C=O) groups excluding carboxylic acids is 2. The fraction of sp³-hybridized carbons (Fsp3) is 0.500. The number of esters is 1. The third kappa shape index (κ3) is 3.12. The van der Waals surface area contributed by atoms with Crippen LogP contribution in [-0.2, 0) is 14.3 Å². The van der Waals surface area contributed by atoms with Gasteiger partial charge in [-0.3, -0.25) is 9.59 Å². The summed E-state index contributed by atoms with van der Waals surface area (Å²) in [6.07, 6.45) is 0.729. The van der Waals surface area contributed by atoms with Crippen LogP contribution in [0, 0.1) is 13.8 Å². The van der Waals surface area contributed by atoms with E-state index in [4.69, 9.17) is 4.74 Å². The molecule has 1 aromatic carbocycles.